The molecular formula is C35H28O22. The number of benzene rings is 4. The Bertz CT molecular complexity index is 2310. The summed E-state index contributed by atoms with van der Waals surface area (Å²) in [5.41, 5.74) is -4.92. The third-order valence-electron chi connectivity index (χ3n) is 8.73. The van der Waals surface area contributed by atoms with Crippen molar-refractivity contribution >= 4 is 23.9 Å². The first-order chi connectivity index (χ1) is 26.8. The Morgan fingerprint density at radius 3 is 1.56 bits per heavy atom. The molecule has 4 aromatic carbocycles. The topological polar surface area (TPSA) is 366 Å². The van der Waals surface area contributed by atoms with Crippen LogP contribution in [0.2, 0.25) is 0 Å². The number of aromatic hydroxyl groups is 11. The summed E-state index contributed by atoms with van der Waals surface area (Å²) in [4.78, 5) is 54.6. The number of fused-ring (bicyclic) bond motifs is 4. The second-order valence-corrected chi connectivity index (χ2v) is 12.2. The maximum atomic E-state index is 14.1. The number of esters is 4. The standard InChI is InChI=1S/C35H28O22/c1-52-18-7-12-21(27(46)25(18)44)20-11(6-17(40)24(43)26(20)45)34(50)55-28-19(8-53-33(12)49)54-35(51)30(57-32(48)10-4-15(38)23(42)16(39)5-10)29(28)56-31(47)9-2-13(36)22(41)14(37)3-9/h2-7,19,28-30,35-46,51H,8H2,1H3/t19?,28-,29+,30?,35-/m1/s1. The Labute approximate surface area is 315 Å². The summed E-state index contributed by atoms with van der Waals surface area (Å²) in [5, 5.41) is 124. The molecule has 0 aliphatic carbocycles. The van der Waals surface area contributed by atoms with E-state index in [1.54, 1.807) is 0 Å². The predicted octanol–water partition coefficient (Wildman–Crippen LogP) is 0.988. The Morgan fingerprint density at radius 2 is 1.05 bits per heavy atom. The van der Waals surface area contributed by atoms with Crippen LogP contribution >= 0.6 is 0 Å². The summed E-state index contributed by atoms with van der Waals surface area (Å²) in [7, 11) is 1.03. The molecule has 5 atom stereocenters. The SMILES string of the molecule is COc1cc2c(c(O)c1O)-c1c(cc(O)c(O)c1O)C(=O)O[C@@H]1C(COC2=O)O[C@@H](O)C(OC(=O)c2cc(O)c(O)c(O)c2)[C@H]1OC(=O)c1cc(O)c(O)c(O)c1. The molecule has 22 nitrogen and oxygen atoms in total. The number of hydrogen-bond acceptors (Lipinski definition) is 22. The van der Waals surface area contributed by atoms with Gasteiger partial charge in [0.15, 0.2) is 82.1 Å². The molecule has 0 aromatic heterocycles. The summed E-state index contributed by atoms with van der Waals surface area (Å²) < 4.78 is 32.2. The van der Waals surface area contributed by atoms with E-state index in [0.29, 0.717) is 30.3 Å². The number of phenols is 11. The first-order valence-electron chi connectivity index (χ1n) is 15.9. The minimum absolute atomic E-state index is 0.498. The normalized spacial score (nSPS) is 20.4. The summed E-state index contributed by atoms with van der Waals surface area (Å²) in [6, 6.07) is 3.77. The molecule has 57 heavy (non-hydrogen) atoms. The highest BCUT2D eigenvalue weighted by Crippen LogP contribution is 2.53. The molecule has 2 heterocycles. The molecule has 4 aromatic rings. The number of aliphatic hydroxyl groups is 1. The number of carbonyl (C=O) groups is 4. The van der Waals surface area contributed by atoms with E-state index in [0.717, 1.165) is 13.2 Å². The van der Waals surface area contributed by atoms with Gasteiger partial charge in [0.05, 0.1) is 29.4 Å². The van der Waals surface area contributed by atoms with E-state index in [-0.39, 0.29) is 0 Å². The van der Waals surface area contributed by atoms with E-state index in [9.17, 15) is 80.5 Å². The van der Waals surface area contributed by atoms with Crippen LogP contribution in [0.25, 0.3) is 11.1 Å². The van der Waals surface area contributed by atoms with Crippen LogP contribution in [0.3, 0.4) is 0 Å². The van der Waals surface area contributed by atoms with Gasteiger partial charge in [-0.1, -0.05) is 0 Å². The molecule has 300 valence electrons. The van der Waals surface area contributed by atoms with Crippen LogP contribution in [0.1, 0.15) is 41.4 Å². The average molecular weight is 801 g/mol. The Hall–Kier alpha value is -7.72. The van der Waals surface area contributed by atoms with Crippen LogP contribution in [0.15, 0.2) is 36.4 Å². The third kappa shape index (κ3) is 6.80. The fourth-order valence-electron chi connectivity index (χ4n) is 5.94. The zero-order valence-corrected chi connectivity index (χ0v) is 28.5. The molecule has 22 heteroatoms. The Kier molecular flexibility index (Phi) is 9.92. The number of ether oxygens (including phenoxy) is 6. The van der Waals surface area contributed by atoms with Gasteiger partial charge in [0.25, 0.3) is 0 Å². The smallest absolute Gasteiger partial charge is 0.339 e. The fraction of sp³-hybridized carbons (Fsp3) is 0.200. The van der Waals surface area contributed by atoms with Crippen LogP contribution in [0, 0.1) is 0 Å². The predicted molar refractivity (Wildman–Crippen MR) is 178 cm³/mol. The molecule has 2 aliphatic heterocycles. The molecule has 2 aliphatic rings. The molecule has 1 fully saturated rings. The molecule has 0 bridgehead atoms. The molecule has 12 N–H and O–H groups in total. The van der Waals surface area contributed by atoms with E-state index in [1.807, 2.05) is 0 Å². The zero-order valence-electron chi connectivity index (χ0n) is 28.5. The Morgan fingerprint density at radius 1 is 0.596 bits per heavy atom. The number of phenolic OH excluding ortho intramolecular Hbond substituents is 11. The maximum absolute atomic E-state index is 14.1. The van der Waals surface area contributed by atoms with Gasteiger partial charge in [0.1, 0.15) is 12.7 Å². The molecular weight excluding hydrogens is 772 g/mol. The Balaban J connectivity index is 1.52. The molecule has 6 rings (SSSR count). The fourth-order valence-corrected chi connectivity index (χ4v) is 5.94. The summed E-state index contributed by atoms with van der Waals surface area (Å²) >= 11 is 0. The van der Waals surface area contributed by atoms with Gasteiger partial charge in [-0.2, -0.15) is 0 Å². The van der Waals surface area contributed by atoms with E-state index in [1.165, 1.54) is 0 Å². The minimum Gasteiger partial charge on any atom is -0.504 e. The van der Waals surface area contributed by atoms with Crippen LogP contribution in [0.5, 0.6) is 69.0 Å². The van der Waals surface area contributed by atoms with Crippen LogP contribution in [-0.4, -0.2) is 130 Å². The number of cyclic esters (lactones) is 1. The highest BCUT2D eigenvalue weighted by Gasteiger charge is 2.53. The number of rotatable bonds is 5. The molecule has 1 saturated heterocycles. The number of methoxy groups -OCH3 is 1. The van der Waals surface area contributed by atoms with Crippen LogP contribution < -0.4 is 4.74 Å². The third-order valence-corrected chi connectivity index (χ3v) is 8.73. The number of carbonyl (C=O) groups excluding carboxylic acids is 4. The van der Waals surface area contributed by atoms with Gasteiger partial charge >= 0.3 is 23.9 Å². The first-order valence-corrected chi connectivity index (χ1v) is 15.9. The summed E-state index contributed by atoms with van der Waals surface area (Å²) in [5.74, 6) is -18.9. The van der Waals surface area contributed by atoms with Crippen LogP contribution in [-0.2, 0) is 23.7 Å². The summed E-state index contributed by atoms with van der Waals surface area (Å²) in [6.07, 6.45) is -11.1. The molecule has 0 amide bonds. The lowest BCUT2D eigenvalue weighted by Gasteiger charge is -2.42. The van der Waals surface area contributed by atoms with Crippen molar-refractivity contribution in [3.05, 3.63) is 58.7 Å². The van der Waals surface area contributed by atoms with Gasteiger partial charge in [-0.3, -0.25) is 0 Å². The maximum Gasteiger partial charge on any atom is 0.339 e. The second-order valence-electron chi connectivity index (χ2n) is 12.2. The summed E-state index contributed by atoms with van der Waals surface area (Å²) in [6.45, 7) is -1.05. The van der Waals surface area contributed by atoms with E-state index in [2.05, 4.69) is 0 Å². The molecule has 0 saturated carbocycles. The largest absolute Gasteiger partial charge is 0.504 e. The lowest BCUT2D eigenvalue weighted by Crippen LogP contribution is -2.62. The zero-order chi connectivity index (χ0) is 41.8. The van der Waals surface area contributed by atoms with Gasteiger partial charge in [0, 0.05) is 11.1 Å². The van der Waals surface area contributed by atoms with Gasteiger partial charge in [-0.05, 0) is 36.4 Å². The van der Waals surface area contributed by atoms with Gasteiger partial charge in [-0.15, -0.1) is 0 Å². The van der Waals surface area contributed by atoms with E-state index in [4.69, 9.17) is 28.4 Å². The molecule has 2 unspecified atom stereocenters. The quantitative estimate of drug-likeness (QED) is 0.0760. The highest BCUT2D eigenvalue weighted by molar-refractivity contribution is 6.08. The van der Waals surface area contributed by atoms with E-state index < -0.39 is 164 Å². The van der Waals surface area contributed by atoms with Gasteiger partial charge in [0.2, 0.25) is 11.5 Å². The van der Waals surface area contributed by atoms with Crippen molar-refractivity contribution < 1.29 is 109 Å². The first kappa shape index (κ1) is 39.0. The van der Waals surface area contributed by atoms with Crippen molar-refractivity contribution in [3.63, 3.8) is 0 Å². The minimum atomic E-state index is -2.40. The van der Waals surface area contributed by atoms with Gasteiger partial charge < -0.3 is 89.7 Å². The van der Waals surface area contributed by atoms with Crippen molar-refractivity contribution in [2.24, 2.45) is 0 Å². The van der Waals surface area contributed by atoms with Crippen molar-refractivity contribution in [3.8, 4) is 80.1 Å². The van der Waals surface area contributed by atoms with Crippen molar-refractivity contribution in [2.45, 2.75) is 30.7 Å². The number of aliphatic hydroxyl groups excluding tert-OH is 1. The van der Waals surface area contributed by atoms with Crippen LogP contribution in [0.4, 0.5) is 0 Å². The van der Waals surface area contributed by atoms with Crippen molar-refractivity contribution in [2.75, 3.05) is 13.7 Å². The van der Waals surface area contributed by atoms with Crippen molar-refractivity contribution in [1.82, 2.24) is 0 Å². The average Bonchev–Trinajstić information content (AvgIpc) is 3.18. The second kappa shape index (κ2) is 14.5. The lowest BCUT2D eigenvalue weighted by atomic mass is 9.91. The highest BCUT2D eigenvalue weighted by atomic mass is 16.7. The van der Waals surface area contributed by atoms with E-state index >= 15 is 0 Å². The molecule has 0 radical (unpaired) electrons. The van der Waals surface area contributed by atoms with Gasteiger partial charge in [-0.25, -0.2) is 19.2 Å². The van der Waals surface area contributed by atoms with Crippen molar-refractivity contribution in [1.29, 1.82) is 0 Å². The monoisotopic (exact) mass is 800 g/mol. The number of hydrogen-bond donors (Lipinski definition) is 12. The lowest BCUT2D eigenvalue weighted by molar-refractivity contribution is -0.284. The molecule has 0 spiro atoms.